The number of benzene rings is 1. The third-order valence-corrected chi connectivity index (χ3v) is 5.04. The number of rotatable bonds is 6. The molecule has 0 spiro atoms. The lowest BCUT2D eigenvalue weighted by atomic mass is 10.1. The van der Waals surface area contributed by atoms with Gasteiger partial charge in [-0.05, 0) is 56.0 Å². The maximum atomic E-state index is 14.0. The summed E-state index contributed by atoms with van der Waals surface area (Å²) < 4.78 is 19.3. The second kappa shape index (κ2) is 11.9. The van der Waals surface area contributed by atoms with Crippen LogP contribution >= 0.6 is 24.0 Å². The third-order valence-electron chi connectivity index (χ3n) is 5.04. The van der Waals surface area contributed by atoms with Gasteiger partial charge in [0.1, 0.15) is 5.82 Å². The molecule has 1 aromatic carbocycles. The zero-order chi connectivity index (χ0) is 20.6. The fraction of sp³-hybridized carbons (Fsp3) is 0.455. The van der Waals surface area contributed by atoms with Crippen molar-refractivity contribution in [3.63, 3.8) is 0 Å². The molecule has 30 heavy (non-hydrogen) atoms. The van der Waals surface area contributed by atoms with Gasteiger partial charge in [0, 0.05) is 38.9 Å². The second-order valence-electron chi connectivity index (χ2n) is 7.22. The number of ether oxygens (including phenoxy) is 1. The van der Waals surface area contributed by atoms with Crippen molar-refractivity contribution >= 4 is 35.8 Å². The van der Waals surface area contributed by atoms with E-state index in [0.717, 1.165) is 43.3 Å². The number of anilines is 1. The predicted octanol–water partition coefficient (Wildman–Crippen LogP) is 3.88. The van der Waals surface area contributed by atoms with Crippen molar-refractivity contribution in [1.29, 1.82) is 0 Å². The first-order valence-electron chi connectivity index (χ1n) is 10.1. The minimum atomic E-state index is -0.341. The average molecular weight is 527 g/mol. The molecule has 6 nitrogen and oxygen atoms in total. The molecule has 0 amide bonds. The molecule has 0 radical (unpaired) electrons. The number of piperidine rings is 1. The van der Waals surface area contributed by atoms with Gasteiger partial charge in [0.05, 0.1) is 6.61 Å². The summed E-state index contributed by atoms with van der Waals surface area (Å²) in [7, 11) is 1.75. The predicted molar refractivity (Wildman–Crippen MR) is 131 cm³/mol. The van der Waals surface area contributed by atoms with Gasteiger partial charge in [0.2, 0.25) is 0 Å². The van der Waals surface area contributed by atoms with Crippen LogP contribution in [0.2, 0.25) is 0 Å². The van der Waals surface area contributed by atoms with Crippen molar-refractivity contribution in [3.8, 4) is 5.75 Å². The Hall–Kier alpha value is -2.10. The van der Waals surface area contributed by atoms with Crippen molar-refractivity contribution < 1.29 is 9.13 Å². The normalized spacial score (nSPS) is 14.8. The molecule has 0 bridgehead atoms. The van der Waals surface area contributed by atoms with Crippen LogP contribution in [0, 0.1) is 12.7 Å². The standard InChI is InChI=1S/C22H30FN5O.HI/c1-4-29-20-7-6-17(13-19(20)23)15-26-22(24-3)27-18-9-11-28(12-10-18)21-8-5-16(2)14-25-21;/h5-8,13-14,18H,4,9-12,15H2,1-3H3,(H2,24,26,27);1H. The fourth-order valence-corrected chi connectivity index (χ4v) is 3.40. The molecule has 0 saturated carbocycles. The molecule has 0 atom stereocenters. The summed E-state index contributed by atoms with van der Waals surface area (Å²) >= 11 is 0. The molecule has 1 saturated heterocycles. The van der Waals surface area contributed by atoms with Crippen molar-refractivity contribution in [2.24, 2.45) is 4.99 Å². The molecular formula is C22H31FIN5O. The Labute approximate surface area is 195 Å². The van der Waals surface area contributed by atoms with Gasteiger partial charge in [0.15, 0.2) is 17.5 Å². The first kappa shape index (κ1) is 24.2. The maximum Gasteiger partial charge on any atom is 0.191 e. The number of nitrogens with zero attached hydrogens (tertiary/aromatic N) is 3. The number of nitrogens with one attached hydrogen (secondary N) is 2. The highest BCUT2D eigenvalue weighted by Gasteiger charge is 2.20. The van der Waals surface area contributed by atoms with Gasteiger partial charge in [0.25, 0.3) is 0 Å². The van der Waals surface area contributed by atoms with Crippen molar-refractivity contribution in [2.75, 3.05) is 31.6 Å². The minimum absolute atomic E-state index is 0. The van der Waals surface area contributed by atoms with Crippen molar-refractivity contribution in [3.05, 3.63) is 53.5 Å². The van der Waals surface area contributed by atoms with E-state index in [1.807, 2.05) is 26.1 Å². The van der Waals surface area contributed by atoms with E-state index in [0.29, 0.717) is 19.2 Å². The van der Waals surface area contributed by atoms with Crippen LogP contribution in [0.3, 0.4) is 0 Å². The highest BCUT2D eigenvalue weighted by Crippen LogP contribution is 2.19. The largest absolute Gasteiger partial charge is 0.491 e. The molecule has 1 fully saturated rings. The van der Waals surface area contributed by atoms with E-state index in [-0.39, 0.29) is 35.5 Å². The quantitative estimate of drug-likeness (QED) is 0.339. The Balaban J connectivity index is 0.00000320. The van der Waals surface area contributed by atoms with Gasteiger partial charge in [-0.25, -0.2) is 9.37 Å². The number of aromatic nitrogens is 1. The van der Waals surface area contributed by atoms with E-state index in [9.17, 15) is 4.39 Å². The Morgan fingerprint density at radius 2 is 2.03 bits per heavy atom. The highest BCUT2D eigenvalue weighted by molar-refractivity contribution is 14.0. The lowest BCUT2D eigenvalue weighted by Crippen LogP contribution is -2.48. The molecule has 1 aliphatic rings. The molecule has 0 aliphatic carbocycles. The summed E-state index contributed by atoms with van der Waals surface area (Å²) in [6.45, 7) is 6.74. The number of pyridine rings is 1. The van der Waals surface area contributed by atoms with Crippen molar-refractivity contribution in [2.45, 2.75) is 39.3 Å². The number of guanidine groups is 1. The van der Waals surface area contributed by atoms with Crippen molar-refractivity contribution in [1.82, 2.24) is 15.6 Å². The first-order valence-corrected chi connectivity index (χ1v) is 10.1. The topological polar surface area (TPSA) is 61.8 Å². The molecule has 164 valence electrons. The van der Waals surface area contributed by atoms with Crippen LogP contribution in [0.25, 0.3) is 0 Å². The van der Waals surface area contributed by atoms with E-state index in [4.69, 9.17) is 4.74 Å². The first-order chi connectivity index (χ1) is 14.1. The summed E-state index contributed by atoms with van der Waals surface area (Å²) in [5.74, 6) is 1.71. The van der Waals surface area contributed by atoms with Crippen LogP contribution in [-0.2, 0) is 6.54 Å². The summed E-state index contributed by atoms with van der Waals surface area (Å²) in [5.41, 5.74) is 2.02. The SMILES string of the molecule is CCOc1ccc(CNC(=NC)NC2CCN(c3ccc(C)cn3)CC2)cc1F.I. The minimum Gasteiger partial charge on any atom is -0.491 e. The van der Waals surface area contributed by atoms with Crippen LogP contribution in [0.4, 0.5) is 10.2 Å². The van der Waals surface area contributed by atoms with E-state index in [1.54, 1.807) is 13.1 Å². The molecule has 2 N–H and O–H groups in total. The molecule has 3 rings (SSSR count). The second-order valence-corrected chi connectivity index (χ2v) is 7.22. The molecular weight excluding hydrogens is 496 g/mol. The molecule has 2 aromatic rings. The number of halogens is 2. The zero-order valence-electron chi connectivity index (χ0n) is 17.8. The molecule has 1 aliphatic heterocycles. The van der Waals surface area contributed by atoms with Gasteiger partial charge in [-0.1, -0.05) is 12.1 Å². The van der Waals surface area contributed by atoms with Gasteiger partial charge >= 0.3 is 0 Å². The summed E-state index contributed by atoms with van der Waals surface area (Å²) in [4.78, 5) is 11.1. The van der Waals surface area contributed by atoms with Gasteiger partial charge in [-0.15, -0.1) is 24.0 Å². The molecule has 2 heterocycles. The smallest absolute Gasteiger partial charge is 0.191 e. The number of aliphatic imine (C=N–C) groups is 1. The lowest BCUT2D eigenvalue weighted by Gasteiger charge is -2.33. The molecule has 1 aromatic heterocycles. The Kier molecular flexibility index (Phi) is 9.61. The summed E-state index contributed by atoms with van der Waals surface area (Å²) in [6, 6.07) is 9.56. The van der Waals surface area contributed by atoms with E-state index < -0.39 is 0 Å². The van der Waals surface area contributed by atoms with Crippen LogP contribution in [-0.4, -0.2) is 43.7 Å². The van der Waals surface area contributed by atoms with Crippen LogP contribution < -0.4 is 20.3 Å². The summed E-state index contributed by atoms with van der Waals surface area (Å²) in [5, 5.41) is 6.74. The highest BCUT2D eigenvalue weighted by atomic mass is 127. The average Bonchev–Trinajstić information content (AvgIpc) is 2.74. The molecule has 8 heteroatoms. The number of hydrogen-bond acceptors (Lipinski definition) is 4. The summed E-state index contributed by atoms with van der Waals surface area (Å²) in [6.07, 6.45) is 3.93. The van der Waals surface area contributed by atoms with Crippen LogP contribution in [0.1, 0.15) is 30.9 Å². The third kappa shape index (κ3) is 6.72. The zero-order valence-corrected chi connectivity index (χ0v) is 20.2. The van der Waals surface area contributed by atoms with Crippen LogP contribution in [0.15, 0.2) is 41.5 Å². The fourth-order valence-electron chi connectivity index (χ4n) is 3.40. The monoisotopic (exact) mass is 527 g/mol. The Morgan fingerprint density at radius 1 is 1.27 bits per heavy atom. The number of aryl methyl sites for hydroxylation is 1. The Bertz CT molecular complexity index is 823. The van der Waals surface area contributed by atoms with Gasteiger partial charge in [-0.3, -0.25) is 4.99 Å². The Morgan fingerprint density at radius 3 is 2.63 bits per heavy atom. The van der Waals surface area contributed by atoms with E-state index in [2.05, 4.69) is 37.6 Å². The van der Waals surface area contributed by atoms with Gasteiger partial charge in [-0.2, -0.15) is 0 Å². The lowest BCUT2D eigenvalue weighted by molar-refractivity contribution is 0.321. The number of hydrogen-bond donors (Lipinski definition) is 2. The van der Waals surface area contributed by atoms with Gasteiger partial charge < -0.3 is 20.3 Å². The van der Waals surface area contributed by atoms with Crippen LogP contribution in [0.5, 0.6) is 5.75 Å². The molecule has 0 unspecified atom stereocenters. The maximum absolute atomic E-state index is 14.0. The van der Waals surface area contributed by atoms with E-state index >= 15 is 0 Å². The van der Waals surface area contributed by atoms with E-state index in [1.165, 1.54) is 11.6 Å².